The van der Waals surface area contributed by atoms with E-state index in [9.17, 15) is 13.6 Å². The van der Waals surface area contributed by atoms with Gasteiger partial charge in [0.25, 0.3) is 6.43 Å². The standard InChI is InChI=1S/C14H16F2N2O2/c1-3-9(2)14(19)11-7-17-13-6-10(4-5-18(11)13)20-8-12(15)16/h4-7,9,12H,3,8H2,1-2H3. The summed E-state index contributed by atoms with van der Waals surface area (Å²) in [5, 5.41) is 0. The zero-order valence-electron chi connectivity index (χ0n) is 11.3. The van der Waals surface area contributed by atoms with Crippen LogP contribution in [0.15, 0.2) is 24.5 Å². The summed E-state index contributed by atoms with van der Waals surface area (Å²) < 4.78 is 30.7. The average molecular weight is 282 g/mol. The first-order valence-electron chi connectivity index (χ1n) is 6.45. The van der Waals surface area contributed by atoms with Gasteiger partial charge in [-0.05, 0) is 12.5 Å². The van der Waals surface area contributed by atoms with Gasteiger partial charge in [-0.3, -0.25) is 9.20 Å². The summed E-state index contributed by atoms with van der Waals surface area (Å²) in [5.41, 5.74) is 0.998. The minimum absolute atomic E-state index is 0.0150. The van der Waals surface area contributed by atoms with Gasteiger partial charge in [0.2, 0.25) is 0 Å². The Kier molecular flexibility index (Phi) is 4.32. The van der Waals surface area contributed by atoms with Crippen LogP contribution in [0.25, 0.3) is 5.65 Å². The van der Waals surface area contributed by atoms with E-state index in [0.29, 0.717) is 17.1 Å². The van der Waals surface area contributed by atoms with Crippen molar-refractivity contribution >= 4 is 11.4 Å². The molecule has 0 saturated heterocycles. The van der Waals surface area contributed by atoms with E-state index in [1.165, 1.54) is 12.3 Å². The third kappa shape index (κ3) is 2.95. The van der Waals surface area contributed by atoms with Crippen molar-refractivity contribution in [1.82, 2.24) is 9.38 Å². The third-order valence-corrected chi connectivity index (χ3v) is 3.17. The number of fused-ring (bicyclic) bond motifs is 1. The minimum Gasteiger partial charge on any atom is -0.487 e. The number of ketones is 1. The molecule has 0 amide bonds. The Labute approximate surface area is 115 Å². The van der Waals surface area contributed by atoms with Crippen LogP contribution in [0.1, 0.15) is 30.8 Å². The Hall–Kier alpha value is -1.98. The number of alkyl halides is 2. The lowest BCUT2D eigenvalue weighted by Crippen LogP contribution is -2.12. The first-order valence-corrected chi connectivity index (χ1v) is 6.45. The van der Waals surface area contributed by atoms with Gasteiger partial charge in [-0.1, -0.05) is 13.8 Å². The van der Waals surface area contributed by atoms with Gasteiger partial charge in [0.05, 0.1) is 6.20 Å². The second-order valence-electron chi connectivity index (χ2n) is 4.61. The van der Waals surface area contributed by atoms with E-state index in [2.05, 4.69) is 4.98 Å². The molecule has 108 valence electrons. The van der Waals surface area contributed by atoms with E-state index in [1.54, 1.807) is 16.7 Å². The molecule has 20 heavy (non-hydrogen) atoms. The lowest BCUT2D eigenvalue weighted by molar-refractivity contribution is 0.0819. The van der Waals surface area contributed by atoms with Gasteiger partial charge < -0.3 is 4.74 Å². The van der Waals surface area contributed by atoms with Crippen LogP contribution < -0.4 is 4.74 Å². The topological polar surface area (TPSA) is 43.6 Å². The van der Waals surface area contributed by atoms with Gasteiger partial charge in [0, 0.05) is 18.2 Å². The van der Waals surface area contributed by atoms with E-state index >= 15 is 0 Å². The molecule has 0 aromatic carbocycles. The number of nitrogens with zero attached hydrogens (tertiary/aromatic N) is 2. The van der Waals surface area contributed by atoms with Gasteiger partial charge in [-0.2, -0.15) is 0 Å². The zero-order valence-corrected chi connectivity index (χ0v) is 11.3. The van der Waals surface area contributed by atoms with Crippen molar-refractivity contribution in [2.75, 3.05) is 6.61 Å². The molecule has 0 fully saturated rings. The average Bonchev–Trinajstić information content (AvgIpc) is 2.86. The zero-order chi connectivity index (χ0) is 14.7. The Morgan fingerprint density at radius 1 is 1.50 bits per heavy atom. The molecule has 4 nitrogen and oxygen atoms in total. The highest BCUT2D eigenvalue weighted by molar-refractivity contribution is 5.96. The molecule has 6 heteroatoms. The Balaban J connectivity index is 2.27. The van der Waals surface area contributed by atoms with Crippen LogP contribution in [-0.2, 0) is 0 Å². The second-order valence-corrected chi connectivity index (χ2v) is 4.61. The summed E-state index contributed by atoms with van der Waals surface area (Å²) in [6, 6.07) is 3.08. The van der Waals surface area contributed by atoms with E-state index < -0.39 is 13.0 Å². The molecule has 0 aliphatic rings. The third-order valence-electron chi connectivity index (χ3n) is 3.17. The molecule has 0 spiro atoms. The van der Waals surface area contributed by atoms with Crippen LogP contribution in [0.5, 0.6) is 5.75 Å². The number of ether oxygens (including phenoxy) is 1. The number of hydrogen-bond donors (Lipinski definition) is 0. The van der Waals surface area contributed by atoms with E-state index in [0.717, 1.165) is 6.42 Å². The Morgan fingerprint density at radius 3 is 2.90 bits per heavy atom. The minimum atomic E-state index is -2.52. The first-order chi connectivity index (χ1) is 9.52. The quantitative estimate of drug-likeness (QED) is 0.764. The van der Waals surface area contributed by atoms with Crippen molar-refractivity contribution < 1.29 is 18.3 Å². The van der Waals surface area contributed by atoms with Gasteiger partial charge in [-0.25, -0.2) is 13.8 Å². The molecular weight excluding hydrogens is 266 g/mol. The van der Waals surface area contributed by atoms with Crippen LogP contribution in [0.3, 0.4) is 0 Å². The molecule has 1 atom stereocenters. The van der Waals surface area contributed by atoms with E-state index in [4.69, 9.17) is 4.74 Å². The number of imidazole rings is 1. The highest BCUT2D eigenvalue weighted by Gasteiger charge is 2.17. The molecule has 2 aromatic heterocycles. The SMILES string of the molecule is CCC(C)C(=O)c1cnc2cc(OCC(F)F)ccn12. The van der Waals surface area contributed by atoms with Crippen LogP contribution in [-0.4, -0.2) is 28.2 Å². The summed E-state index contributed by atoms with van der Waals surface area (Å²) in [7, 11) is 0. The van der Waals surface area contributed by atoms with Gasteiger partial charge in [0.15, 0.2) is 5.78 Å². The molecule has 1 unspecified atom stereocenters. The number of hydrogen-bond acceptors (Lipinski definition) is 3. The number of Topliss-reactive ketones (excluding diaryl/α,β-unsaturated/α-hetero) is 1. The Bertz CT molecular complexity index is 610. The summed E-state index contributed by atoms with van der Waals surface area (Å²) in [6.45, 7) is 3.15. The molecule has 2 rings (SSSR count). The van der Waals surface area contributed by atoms with Gasteiger partial charge in [0.1, 0.15) is 23.7 Å². The number of aromatic nitrogens is 2. The summed E-state index contributed by atoms with van der Waals surface area (Å²) in [4.78, 5) is 16.3. The van der Waals surface area contributed by atoms with Crippen LogP contribution in [0.4, 0.5) is 8.78 Å². The maximum Gasteiger partial charge on any atom is 0.272 e. The number of pyridine rings is 1. The predicted molar refractivity (Wildman–Crippen MR) is 70.5 cm³/mol. The fourth-order valence-electron chi connectivity index (χ4n) is 1.83. The number of carbonyl (C=O) groups is 1. The molecule has 0 N–H and O–H groups in total. The fourth-order valence-corrected chi connectivity index (χ4v) is 1.83. The smallest absolute Gasteiger partial charge is 0.272 e. The molecular formula is C14H16F2N2O2. The number of rotatable bonds is 6. The van der Waals surface area contributed by atoms with Gasteiger partial charge in [-0.15, -0.1) is 0 Å². The highest BCUT2D eigenvalue weighted by Crippen LogP contribution is 2.18. The van der Waals surface area contributed by atoms with Crippen molar-refractivity contribution in [2.24, 2.45) is 5.92 Å². The largest absolute Gasteiger partial charge is 0.487 e. The molecule has 0 radical (unpaired) electrons. The van der Waals surface area contributed by atoms with Crippen molar-refractivity contribution in [2.45, 2.75) is 26.7 Å². The highest BCUT2D eigenvalue weighted by atomic mass is 19.3. The Morgan fingerprint density at radius 2 is 2.25 bits per heavy atom. The number of carbonyl (C=O) groups excluding carboxylic acids is 1. The van der Waals surface area contributed by atoms with Crippen molar-refractivity contribution in [3.05, 3.63) is 30.2 Å². The molecule has 0 saturated carbocycles. The van der Waals surface area contributed by atoms with E-state index in [1.807, 2.05) is 13.8 Å². The summed E-state index contributed by atoms with van der Waals surface area (Å²) in [5.74, 6) is 0.247. The molecule has 0 aliphatic heterocycles. The summed E-state index contributed by atoms with van der Waals surface area (Å²) >= 11 is 0. The molecule has 2 heterocycles. The fraction of sp³-hybridized carbons (Fsp3) is 0.429. The lowest BCUT2D eigenvalue weighted by Gasteiger charge is -2.08. The maximum absolute atomic E-state index is 12.2. The van der Waals surface area contributed by atoms with Gasteiger partial charge >= 0.3 is 0 Å². The predicted octanol–water partition coefficient (Wildman–Crippen LogP) is 3.21. The van der Waals surface area contributed by atoms with Crippen LogP contribution >= 0.6 is 0 Å². The maximum atomic E-state index is 12.2. The number of halogens is 2. The molecule has 0 aliphatic carbocycles. The first kappa shape index (κ1) is 14.4. The van der Waals surface area contributed by atoms with Crippen LogP contribution in [0, 0.1) is 5.92 Å². The molecule has 2 aromatic rings. The summed E-state index contributed by atoms with van der Waals surface area (Å²) in [6.07, 6.45) is 1.34. The monoisotopic (exact) mass is 282 g/mol. The lowest BCUT2D eigenvalue weighted by atomic mass is 10.0. The van der Waals surface area contributed by atoms with E-state index in [-0.39, 0.29) is 11.7 Å². The van der Waals surface area contributed by atoms with Crippen molar-refractivity contribution in [1.29, 1.82) is 0 Å². The van der Waals surface area contributed by atoms with Crippen molar-refractivity contribution in [3.63, 3.8) is 0 Å². The molecule has 0 bridgehead atoms. The van der Waals surface area contributed by atoms with Crippen molar-refractivity contribution in [3.8, 4) is 5.75 Å². The van der Waals surface area contributed by atoms with Crippen LogP contribution in [0.2, 0.25) is 0 Å². The normalized spacial score (nSPS) is 12.8. The second kappa shape index (κ2) is 5.98.